The number of rotatable bonds is 7. The largest absolute Gasteiger partial charge is 0.478 e. The molecule has 9 nitrogen and oxygen atoms in total. The van der Waals surface area contributed by atoms with Crippen LogP contribution in [0.2, 0.25) is 0 Å². The molecule has 3 amide bonds. The third-order valence-electron chi connectivity index (χ3n) is 2.47. The molecule has 0 aliphatic carbocycles. The van der Waals surface area contributed by atoms with Crippen molar-refractivity contribution in [2.75, 3.05) is 18.8 Å². The molecule has 4 N–H and O–H groups in total. The minimum absolute atomic E-state index is 0.113. The van der Waals surface area contributed by atoms with Crippen molar-refractivity contribution in [1.29, 1.82) is 0 Å². The van der Waals surface area contributed by atoms with Gasteiger partial charge in [-0.25, -0.2) is 22.7 Å². The first-order valence-corrected chi connectivity index (χ1v) is 7.73. The Morgan fingerprint density at radius 2 is 1.67 bits per heavy atom. The summed E-state index contributed by atoms with van der Waals surface area (Å²) < 4.78 is 24.8. The Morgan fingerprint density at radius 3 is 2.14 bits per heavy atom. The Labute approximate surface area is 122 Å². The molecule has 0 aliphatic heterocycles. The summed E-state index contributed by atoms with van der Waals surface area (Å²) in [5.41, 5.74) is -0.298. The molecule has 120 valence electrons. The van der Waals surface area contributed by atoms with Crippen LogP contribution in [-0.4, -0.2) is 50.3 Å². The van der Waals surface area contributed by atoms with Crippen LogP contribution in [0, 0.1) is 0 Å². The van der Waals surface area contributed by atoms with Crippen LogP contribution >= 0.6 is 0 Å². The van der Waals surface area contributed by atoms with Gasteiger partial charge in [0.2, 0.25) is 10.0 Å². The molecule has 0 aromatic heterocycles. The molecule has 0 saturated carbocycles. The Bertz CT molecular complexity index is 552. The van der Waals surface area contributed by atoms with Crippen LogP contribution in [0.3, 0.4) is 0 Å². The van der Waals surface area contributed by atoms with Crippen LogP contribution in [-0.2, 0) is 19.6 Å². The maximum atomic E-state index is 11.5. The van der Waals surface area contributed by atoms with Gasteiger partial charge in [0, 0.05) is 24.2 Å². The first-order chi connectivity index (χ1) is 9.60. The van der Waals surface area contributed by atoms with Gasteiger partial charge >= 0.3 is 12.0 Å². The summed E-state index contributed by atoms with van der Waals surface area (Å²) in [4.78, 5) is 33.6. The molecule has 0 radical (unpaired) electrons. The minimum Gasteiger partial charge on any atom is -0.478 e. The number of aliphatic carboxylic acids is 1. The molecule has 0 spiro atoms. The van der Waals surface area contributed by atoms with E-state index in [-0.39, 0.29) is 30.0 Å². The minimum atomic E-state index is -3.46. The molecule has 0 saturated heterocycles. The normalized spacial score (nSPS) is 12.3. The van der Waals surface area contributed by atoms with E-state index in [0.717, 1.165) is 0 Å². The zero-order chi connectivity index (χ0) is 16.6. The first-order valence-electron chi connectivity index (χ1n) is 6.08. The van der Waals surface area contributed by atoms with Gasteiger partial charge < -0.3 is 10.4 Å². The van der Waals surface area contributed by atoms with Crippen LogP contribution in [0.1, 0.15) is 20.8 Å². The lowest BCUT2D eigenvalue weighted by Crippen LogP contribution is -2.42. The van der Waals surface area contributed by atoms with E-state index in [4.69, 9.17) is 5.11 Å². The van der Waals surface area contributed by atoms with Crippen LogP contribution in [0.5, 0.6) is 0 Å². The molecule has 0 bridgehead atoms. The van der Waals surface area contributed by atoms with Gasteiger partial charge in [0.05, 0.1) is 5.75 Å². The second kappa shape index (κ2) is 8.37. The van der Waals surface area contributed by atoms with E-state index in [1.165, 1.54) is 13.8 Å². The van der Waals surface area contributed by atoms with E-state index < -0.39 is 27.9 Å². The number of urea groups is 1. The van der Waals surface area contributed by atoms with Crippen molar-refractivity contribution in [3.63, 3.8) is 0 Å². The lowest BCUT2D eigenvalue weighted by molar-refractivity contribution is -0.133. The second-order valence-electron chi connectivity index (χ2n) is 4.08. The molecule has 0 unspecified atom stereocenters. The summed E-state index contributed by atoms with van der Waals surface area (Å²) in [5, 5.41) is 12.8. The number of carbonyl (C=O) groups excluding carboxylic acids is 2. The molecule has 21 heavy (non-hydrogen) atoms. The monoisotopic (exact) mass is 321 g/mol. The summed E-state index contributed by atoms with van der Waals surface area (Å²) in [6.45, 7) is 4.18. The highest BCUT2D eigenvalue weighted by molar-refractivity contribution is 7.89. The Balaban J connectivity index is 4.38. The van der Waals surface area contributed by atoms with Gasteiger partial charge in [0.25, 0.3) is 5.91 Å². The molecule has 0 fully saturated rings. The number of sulfonamides is 1. The third-order valence-corrected chi connectivity index (χ3v) is 3.94. The van der Waals surface area contributed by atoms with Crippen LogP contribution in [0.4, 0.5) is 4.79 Å². The number of amides is 3. The molecule has 0 heterocycles. The van der Waals surface area contributed by atoms with Gasteiger partial charge in [0.15, 0.2) is 0 Å². The van der Waals surface area contributed by atoms with Crippen molar-refractivity contribution in [2.45, 2.75) is 20.8 Å². The van der Waals surface area contributed by atoms with Crippen molar-refractivity contribution >= 4 is 27.9 Å². The Hall–Kier alpha value is -1.94. The van der Waals surface area contributed by atoms with Crippen molar-refractivity contribution in [3.05, 3.63) is 11.1 Å². The highest BCUT2D eigenvalue weighted by Crippen LogP contribution is 2.03. The quantitative estimate of drug-likeness (QED) is 0.451. The zero-order valence-electron chi connectivity index (χ0n) is 12.0. The highest BCUT2D eigenvalue weighted by atomic mass is 32.2. The molecule has 10 heteroatoms. The lowest BCUT2D eigenvalue weighted by atomic mass is 10.1. The lowest BCUT2D eigenvalue weighted by Gasteiger charge is -2.08. The van der Waals surface area contributed by atoms with Gasteiger partial charge in [-0.3, -0.25) is 10.1 Å². The molecule has 0 aromatic carbocycles. The van der Waals surface area contributed by atoms with Gasteiger partial charge in [0.1, 0.15) is 0 Å². The standard InChI is InChI=1S/C11H19N3O6S/c1-4-13-21(19,20)6-5-12-11(18)14-9(15)7(2)8(3)10(16)17/h13H,4-6H2,1-3H3,(H,16,17)(H2,12,14,15,18). The highest BCUT2D eigenvalue weighted by Gasteiger charge is 2.15. The number of carboxylic acid groups (broad SMARTS) is 1. The molecular formula is C11H19N3O6S. The van der Waals surface area contributed by atoms with Crippen LogP contribution in [0.15, 0.2) is 11.1 Å². The SMILES string of the molecule is CCNS(=O)(=O)CCNC(=O)NC(=O)C(C)=C(C)C(=O)O. The average Bonchev–Trinajstić information content (AvgIpc) is 2.36. The summed E-state index contributed by atoms with van der Waals surface area (Å²) in [7, 11) is -3.46. The first kappa shape index (κ1) is 19.1. The number of hydrogen-bond acceptors (Lipinski definition) is 5. The topological polar surface area (TPSA) is 142 Å². The second-order valence-corrected chi connectivity index (χ2v) is 6.01. The van der Waals surface area contributed by atoms with Crippen LogP contribution < -0.4 is 15.4 Å². The van der Waals surface area contributed by atoms with Gasteiger partial charge in [-0.15, -0.1) is 0 Å². The van der Waals surface area contributed by atoms with E-state index in [0.29, 0.717) is 0 Å². The smallest absolute Gasteiger partial charge is 0.331 e. The van der Waals surface area contributed by atoms with Crippen LogP contribution in [0.25, 0.3) is 0 Å². The van der Waals surface area contributed by atoms with E-state index >= 15 is 0 Å². The van der Waals surface area contributed by atoms with E-state index in [1.54, 1.807) is 6.92 Å². The number of imide groups is 1. The molecule has 0 atom stereocenters. The van der Waals surface area contributed by atoms with E-state index in [9.17, 15) is 22.8 Å². The van der Waals surface area contributed by atoms with Gasteiger partial charge in [-0.1, -0.05) is 6.92 Å². The fraction of sp³-hybridized carbons (Fsp3) is 0.545. The third kappa shape index (κ3) is 7.42. The molecule has 0 rings (SSSR count). The fourth-order valence-corrected chi connectivity index (χ4v) is 2.12. The Morgan fingerprint density at radius 1 is 1.10 bits per heavy atom. The maximum Gasteiger partial charge on any atom is 0.331 e. The molecule has 0 aromatic rings. The summed E-state index contributed by atoms with van der Waals surface area (Å²) in [5.74, 6) is -2.45. The predicted octanol–water partition coefficient (Wildman–Crippen LogP) is -0.827. The van der Waals surface area contributed by atoms with Crippen molar-refractivity contribution in [1.82, 2.24) is 15.4 Å². The summed E-state index contributed by atoms with van der Waals surface area (Å²) >= 11 is 0. The maximum absolute atomic E-state index is 11.5. The van der Waals surface area contributed by atoms with Gasteiger partial charge in [-0.05, 0) is 13.8 Å². The number of nitrogens with one attached hydrogen (secondary N) is 3. The number of hydrogen-bond donors (Lipinski definition) is 4. The van der Waals surface area contributed by atoms with E-state index in [2.05, 4.69) is 10.0 Å². The number of carboxylic acids is 1. The number of carbonyl (C=O) groups is 3. The molecule has 0 aliphatic rings. The van der Waals surface area contributed by atoms with Crippen molar-refractivity contribution in [3.8, 4) is 0 Å². The van der Waals surface area contributed by atoms with Crippen molar-refractivity contribution < 1.29 is 27.9 Å². The fourth-order valence-electron chi connectivity index (χ4n) is 1.16. The van der Waals surface area contributed by atoms with Gasteiger partial charge in [-0.2, -0.15) is 0 Å². The van der Waals surface area contributed by atoms with E-state index in [1.807, 2.05) is 5.32 Å². The summed E-state index contributed by atoms with van der Waals surface area (Å²) in [6, 6.07) is -0.899. The average molecular weight is 321 g/mol. The van der Waals surface area contributed by atoms with Crippen molar-refractivity contribution in [2.24, 2.45) is 0 Å². The zero-order valence-corrected chi connectivity index (χ0v) is 12.8. The predicted molar refractivity (Wildman–Crippen MR) is 75.0 cm³/mol. The Kier molecular flexibility index (Phi) is 7.60. The molecular weight excluding hydrogens is 302 g/mol. The summed E-state index contributed by atoms with van der Waals surface area (Å²) in [6.07, 6.45) is 0.